The first-order valence-corrected chi connectivity index (χ1v) is 9.10. The Hall–Kier alpha value is -2.96. The highest BCUT2D eigenvalue weighted by Gasteiger charge is 2.29. The Morgan fingerprint density at radius 1 is 1.04 bits per heavy atom. The van der Waals surface area contributed by atoms with Crippen molar-refractivity contribution in [3.8, 4) is 0 Å². The average molecular weight is 348 g/mol. The Labute approximate surface area is 151 Å². The first kappa shape index (κ1) is 15.3. The monoisotopic (exact) mass is 348 g/mol. The summed E-state index contributed by atoms with van der Waals surface area (Å²) in [6.07, 6.45) is 4.08. The standard InChI is InChI=1S/C19H20N6O/c26-19(15-4-2-1-3-5-15)24-10-8-23(9-11-24)17-12-16(14-6-7-14)22-25-13-20-21-18(17)25/h1-5,12-14H,6-11H2. The van der Waals surface area contributed by atoms with Crippen LogP contribution in [0.3, 0.4) is 0 Å². The van der Waals surface area contributed by atoms with Crippen LogP contribution in [0.2, 0.25) is 0 Å². The molecule has 0 N–H and O–H groups in total. The third kappa shape index (κ3) is 2.69. The van der Waals surface area contributed by atoms with Gasteiger partial charge in [-0.1, -0.05) is 18.2 Å². The number of carbonyl (C=O) groups excluding carboxylic acids is 1. The first-order chi connectivity index (χ1) is 12.8. The number of fused-ring (bicyclic) bond motifs is 1. The summed E-state index contributed by atoms with van der Waals surface area (Å²) < 4.78 is 1.78. The van der Waals surface area contributed by atoms with Crippen molar-refractivity contribution in [2.45, 2.75) is 18.8 Å². The van der Waals surface area contributed by atoms with Gasteiger partial charge in [-0.3, -0.25) is 4.79 Å². The summed E-state index contributed by atoms with van der Waals surface area (Å²) >= 11 is 0. The van der Waals surface area contributed by atoms with E-state index in [1.54, 1.807) is 10.8 Å². The van der Waals surface area contributed by atoms with Crippen LogP contribution in [0.1, 0.15) is 34.8 Å². The number of carbonyl (C=O) groups is 1. The molecule has 3 heterocycles. The van der Waals surface area contributed by atoms with Gasteiger partial charge in [-0.05, 0) is 31.0 Å². The molecule has 1 saturated heterocycles. The van der Waals surface area contributed by atoms with Crippen LogP contribution in [-0.4, -0.2) is 56.8 Å². The van der Waals surface area contributed by atoms with Gasteiger partial charge >= 0.3 is 0 Å². The van der Waals surface area contributed by atoms with E-state index >= 15 is 0 Å². The molecule has 1 saturated carbocycles. The molecule has 1 aliphatic heterocycles. The number of hydrogen-bond donors (Lipinski definition) is 0. The van der Waals surface area contributed by atoms with E-state index in [-0.39, 0.29) is 5.91 Å². The third-order valence-electron chi connectivity index (χ3n) is 5.19. The van der Waals surface area contributed by atoms with Crippen LogP contribution in [0.25, 0.3) is 5.65 Å². The van der Waals surface area contributed by atoms with E-state index < -0.39 is 0 Å². The van der Waals surface area contributed by atoms with Crippen LogP contribution in [0.15, 0.2) is 42.7 Å². The van der Waals surface area contributed by atoms with Gasteiger partial charge in [0, 0.05) is 37.7 Å². The second-order valence-electron chi connectivity index (χ2n) is 6.97. The van der Waals surface area contributed by atoms with Crippen molar-refractivity contribution in [1.29, 1.82) is 0 Å². The molecule has 7 nitrogen and oxygen atoms in total. The van der Waals surface area contributed by atoms with Gasteiger partial charge in [0.15, 0.2) is 0 Å². The lowest BCUT2D eigenvalue weighted by atomic mass is 10.1. The highest BCUT2D eigenvalue weighted by Crippen LogP contribution is 2.40. The molecule has 26 heavy (non-hydrogen) atoms. The summed E-state index contributed by atoms with van der Waals surface area (Å²) in [6.45, 7) is 2.98. The second kappa shape index (κ2) is 6.09. The Bertz CT molecular complexity index is 941. The van der Waals surface area contributed by atoms with Crippen molar-refractivity contribution < 1.29 is 4.79 Å². The van der Waals surface area contributed by atoms with E-state index in [4.69, 9.17) is 0 Å². The number of amides is 1. The molecule has 5 rings (SSSR count). The minimum atomic E-state index is 0.103. The fraction of sp³-hybridized carbons (Fsp3) is 0.368. The summed E-state index contributed by atoms with van der Waals surface area (Å²) in [5.41, 5.74) is 3.74. The highest BCUT2D eigenvalue weighted by atomic mass is 16.2. The van der Waals surface area contributed by atoms with E-state index in [9.17, 15) is 4.79 Å². The zero-order valence-corrected chi connectivity index (χ0v) is 14.5. The minimum absolute atomic E-state index is 0.103. The van der Waals surface area contributed by atoms with Crippen LogP contribution in [0.5, 0.6) is 0 Å². The normalized spacial score (nSPS) is 17.7. The van der Waals surface area contributed by atoms with Crippen LogP contribution in [0.4, 0.5) is 5.69 Å². The summed E-state index contributed by atoms with van der Waals surface area (Å²) in [5, 5.41) is 12.9. The Morgan fingerprint density at radius 3 is 2.54 bits per heavy atom. The van der Waals surface area contributed by atoms with Crippen LogP contribution in [0, 0.1) is 0 Å². The quantitative estimate of drug-likeness (QED) is 0.724. The Kier molecular flexibility index (Phi) is 3.58. The van der Waals surface area contributed by atoms with Crippen molar-refractivity contribution in [2.24, 2.45) is 0 Å². The Balaban J connectivity index is 1.36. The van der Waals surface area contributed by atoms with E-state index in [1.165, 1.54) is 12.8 Å². The first-order valence-electron chi connectivity index (χ1n) is 9.10. The molecule has 3 aromatic rings. The molecule has 1 aromatic carbocycles. The lowest BCUT2D eigenvalue weighted by Crippen LogP contribution is -2.49. The molecule has 1 aliphatic carbocycles. The van der Waals surface area contributed by atoms with Crippen molar-refractivity contribution in [2.75, 3.05) is 31.1 Å². The lowest BCUT2D eigenvalue weighted by molar-refractivity contribution is 0.0747. The smallest absolute Gasteiger partial charge is 0.253 e. The fourth-order valence-electron chi connectivity index (χ4n) is 3.55. The van der Waals surface area contributed by atoms with Crippen LogP contribution < -0.4 is 4.90 Å². The molecule has 2 aliphatic rings. The minimum Gasteiger partial charge on any atom is -0.365 e. The van der Waals surface area contributed by atoms with Crippen LogP contribution in [-0.2, 0) is 0 Å². The third-order valence-corrected chi connectivity index (χ3v) is 5.19. The molecule has 0 spiro atoms. The Morgan fingerprint density at radius 2 is 1.81 bits per heavy atom. The average Bonchev–Trinajstić information content (AvgIpc) is 3.45. The predicted octanol–water partition coefficient (Wildman–Crippen LogP) is 1.96. The van der Waals surface area contributed by atoms with Gasteiger partial charge in [-0.25, -0.2) is 0 Å². The highest BCUT2D eigenvalue weighted by molar-refractivity contribution is 5.94. The molecule has 1 amide bonds. The van der Waals surface area contributed by atoms with Crippen molar-refractivity contribution in [1.82, 2.24) is 24.7 Å². The zero-order chi connectivity index (χ0) is 17.5. The lowest BCUT2D eigenvalue weighted by Gasteiger charge is -2.36. The summed E-state index contributed by atoms with van der Waals surface area (Å²) in [6, 6.07) is 11.7. The number of rotatable bonds is 3. The molecule has 7 heteroatoms. The SMILES string of the molecule is O=C(c1ccccc1)N1CCN(c2cc(C3CC3)nn3cnnc23)CC1. The van der Waals surface area contributed by atoms with E-state index in [0.29, 0.717) is 19.0 Å². The fourth-order valence-corrected chi connectivity index (χ4v) is 3.55. The van der Waals surface area contributed by atoms with Gasteiger partial charge < -0.3 is 9.80 Å². The number of hydrogen-bond acceptors (Lipinski definition) is 5. The van der Waals surface area contributed by atoms with Gasteiger partial charge in [-0.15, -0.1) is 10.2 Å². The summed E-state index contributed by atoms with van der Waals surface area (Å²) in [4.78, 5) is 16.9. The van der Waals surface area contributed by atoms with Crippen LogP contribution >= 0.6 is 0 Å². The topological polar surface area (TPSA) is 66.6 Å². The van der Waals surface area contributed by atoms with E-state index in [0.717, 1.165) is 35.7 Å². The molecule has 132 valence electrons. The summed E-state index contributed by atoms with van der Waals surface area (Å²) in [5.74, 6) is 0.674. The number of anilines is 1. The van der Waals surface area contributed by atoms with Crippen molar-refractivity contribution >= 4 is 17.2 Å². The number of piperazine rings is 1. The van der Waals surface area contributed by atoms with Gasteiger partial charge in [0.1, 0.15) is 6.33 Å². The van der Waals surface area contributed by atoms with Crippen molar-refractivity contribution in [3.63, 3.8) is 0 Å². The maximum Gasteiger partial charge on any atom is 0.253 e. The molecule has 2 fully saturated rings. The maximum atomic E-state index is 12.6. The van der Waals surface area contributed by atoms with Gasteiger partial charge in [0.05, 0.1) is 11.4 Å². The number of aromatic nitrogens is 4. The zero-order valence-electron chi connectivity index (χ0n) is 14.5. The molecule has 0 unspecified atom stereocenters. The second-order valence-corrected chi connectivity index (χ2v) is 6.97. The van der Waals surface area contributed by atoms with Crippen molar-refractivity contribution in [3.05, 3.63) is 54.0 Å². The van der Waals surface area contributed by atoms with E-state index in [2.05, 4.69) is 26.3 Å². The van der Waals surface area contributed by atoms with Gasteiger partial charge in [0.2, 0.25) is 5.65 Å². The molecular formula is C19H20N6O. The molecule has 2 aromatic heterocycles. The van der Waals surface area contributed by atoms with E-state index in [1.807, 2.05) is 35.2 Å². The summed E-state index contributed by atoms with van der Waals surface area (Å²) in [7, 11) is 0. The molecule has 0 bridgehead atoms. The van der Waals surface area contributed by atoms with Gasteiger partial charge in [-0.2, -0.15) is 9.61 Å². The number of benzene rings is 1. The molecular weight excluding hydrogens is 328 g/mol. The van der Waals surface area contributed by atoms with Gasteiger partial charge in [0.25, 0.3) is 5.91 Å². The predicted molar refractivity (Wildman–Crippen MR) is 97.3 cm³/mol. The molecule has 0 atom stereocenters. The molecule has 0 radical (unpaired) electrons. The maximum absolute atomic E-state index is 12.6. The number of nitrogens with zero attached hydrogens (tertiary/aromatic N) is 6. The largest absolute Gasteiger partial charge is 0.365 e.